The third kappa shape index (κ3) is 3.21. The monoisotopic (exact) mass is 329 g/mol. The van der Waals surface area contributed by atoms with Gasteiger partial charge < -0.3 is 10.1 Å². The van der Waals surface area contributed by atoms with Crippen LogP contribution in [0.2, 0.25) is 0 Å². The third-order valence-corrected chi connectivity index (χ3v) is 4.77. The summed E-state index contributed by atoms with van der Waals surface area (Å²) in [6, 6.07) is 6.47. The lowest BCUT2D eigenvalue weighted by atomic mass is 9.94. The molecule has 1 saturated heterocycles. The highest BCUT2D eigenvalue weighted by molar-refractivity contribution is 5.46. The van der Waals surface area contributed by atoms with Crippen LogP contribution in [0.15, 0.2) is 18.2 Å². The first-order valence-corrected chi connectivity index (χ1v) is 8.47. The van der Waals surface area contributed by atoms with Crippen molar-refractivity contribution >= 4 is 0 Å². The van der Waals surface area contributed by atoms with Crippen LogP contribution in [0.3, 0.4) is 0 Å². The molecule has 6 nitrogen and oxygen atoms in total. The molecule has 0 amide bonds. The summed E-state index contributed by atoms with van der Waals surface area (Å²) in [6.07, 6.45) is 0.963. The van der Waals surface area contributed by atoms with Crippen LogP contribution in [-0.4, -0.2) is 37.5 Å². The number of para-hydroxylation sites is 1. The quantitative estimate of drug-likeness (QED) is 0.934. The Bertz CT molecular complexity index is 715. The van der Waals surface area contributed by atoms with Crippen molar-refractivity contribution < 1.29 is 4.74 Å². The van der Waals surface area contributed by atoms with Gasteiger partial charge in [0.15, 0.2) is 5.82 Å². The predicted octanol–water partition coefficient (Wildman–Crippen LogP) is 2.71. The Balaban J connectivity index is 1.80. The summed E-state index contributed by atoms with van der Waals surface area (Å²) in [4.78, 5) is 0. The molecule has 0 saturated carbocycles. The first-order valence-electron chi connectivity index (χ1n) is 8.47. The molecule has 2 heterocycles. The van der Waals surface area contributed by atoms with Crippen molar-refractivity contribution in [3.63, 3.8) is 0 Å². The Kier molecular flexibility index (Phi) is 4.21. The van der Waals surface area contributed by atoms with Crippen LogP contribution in [0.5, 0.6) is 0 Å². The molecule has 0 radical (unpaired) electrons. The Labute approximate surface area is 143 Å². The van der Waals surface area contributed by atoms with Crippen molar-refractivity contribution in [3.8, 4) is 5.69 Å². The molecule has 1 aliphatic rings. The summed E-state index contributed by atoms with van der Waals surface area (Å²) in [6.45, 7) is 13.3. The number of nitrogens with zero attached hydrogens (tertiary/aromatic N) is 4. The molecule has 0 aliphatic carbocycles. The van der Waals surface area contributed by atoms with Gasteiger partial charge in [-0.05, 0) is 69.5 Å². The molecule has 1 aliphatic heterocycles. The van der Waals surface area contributed by atoms with E-state index in [0.29, 0.717) is 6.54 Å². The minimum absolute atomic E-state index is 0.111. The Morgan fingerprint density at radius 2 is 1.88 bits per heavy atom. The maximum Gasteiger partial charge on any atom is 0.170 e. The third-order valence-electron chi connectivity index (χ3n) is 4.77. The van der Waals surface area contributed by atoms with E-state index in [9.17, 15) is 0 Å². The van der Waals surface area contributed by atoms with Gasteiger partial charge in [-0.2, -0.15) is 4.68 Å². The predicted molar refractivity (Wildman–Crippen MR) is 93.1 cm³/mol. The van der Waals surface area contributed by atoms with E-state index in [1.54, 1.807) is 0 Å². The van der Waals surface area contributed by atoms with Crippen molar-refractivity contribution in [1.82, 2.24) is 25.5 Å². The second kappa shape index (κ2) is 5.93. The smallest absolute Gasteiger partial charge is 0.170 e. The van der Waals surface area contributed by atoms with Crippen molar-refractivity contribution in [1.29, 1.82) is 0 Å². The first-order chi connectivity index (χ1) is 11.2. The second-order valence-electron chi connectivity index (χ2n) is 7.85. The van der Waals surface area contributed by atoms with E-state index in [1.807, 2.05) is 4.68 Å². The van der Waals surface area contributed by atoms with E-state index in [4.69, 9.17) is 4.74 Å². The highest BCUT2D eigenvalue weighted by Crippen LogP contribution is 2.37. The summed E-state index contributed by atoms with van der Waals surface area (Å²) < 4.78 is 7.99. The molecular weight excluding hydrogens is 302 g/mol. The molecule has 1 atom stereocenters. The number of ether oxygens (including phenoxy) is 1. The van der Waals surface area contributed by atoms with Crippen molar-refractivity contribution in [2.24, 2.45) is 0 Å². The molecule has 130 valence electrons. The molecule has 6 heteroatoms. The lowest BCUT2D eigenvalue weighted by Crippen LogP contribution is -2.43. The fraction of sp³-hybridized carbons (Fsp3) is 0.611. The van der Waals surface area contributed by atoms with Crippen molar-refractivity contribution in [2.45, 2.75) is 71.8 Å². The van der Waals surface area contributed by atoms with Gasteiger partial charge >= 0.3 is 0 Å². The van der Waals surface area contributed by atoms with Gasteiger partial charge in [-0.1, -0.05) is 18.2 Å². The Morgan fingerprint density at radius 1 is 1.21 bits per heavy atom. The standard InChI is InChI=1S/C18H27N5O/c1-12-8-7-9-13(2)16(12)23-15(20-21-22-23)11-19-14-10-17(3,4)24-18(14,5)6/h7-9,14,19H,10-11H2,1-6H3/t14-/m1/s1. The van der Waals surface area contributed by atoms with Gasteiger partial charge in [-0.25, -0.2) is 0 Å². The van der Waals surface area contributed by atoms with Crippen LogP contribution < -0.4 is 5.32 Å². The normalized spacial score (nSPS) is 22.0. The van der Waals surface area contributed by atoms with E-state index < -0.39 is 0 Å². The Hall–Kier alpha value is -1.79. The zero-order valence-corrected chi connectivity index (χ0v) is 15.4. The fourth-order valence-corrected chi connectivity index (χ4v) is 3.72. The average molecular weight is 329 g/mol. The van der Waals surface area contributed by atoms with Gasteiger partial charge in [0.1, 0.15) is 0 Å². The van der Waals surface area contributed by atoms with Crippen LogP contribution in [0.1, 0.15) is 51.1 Å². The van der Waals surface area contributed by atoms with Gasteiger partial charge in [0.25, 0.3) is 0 Å². The van der Waals surface area contributed by atoms with Gasteiger partial charge in [0.05, 0.1) is 23.4 Å². The molecule has 1 fully saturated rings. The van der Waals surface area contributed by atoms with Gasteiger partial charge in [0.2, 0.25) is 0 Å². The summed E-state index contributed by atoms with van der Waals surface area (Å²) >= 11 is 0. The average Bonchev–Trinajstić information content (AvgIpc) is 2.97. The molecule has 1 N–H and O–H groups in total. The van der Waals surface area contributed by atoms with Gasteiger partial charge in [-0.15, -0.1) is 5.10 Å². The number of rotatable bonds is 4. The maximum absolute atomic E-state index is 6.15. The number of hydrogen-bond acceptors (Lipinski definition) is 5. The summed E-state index contributed by atoms with van der Waals surface area (Å²) in [5, 5.41) is 15.9. The summed E-state index contributed by atoms with van der Waals surface area (Å²) in [5.41, 5.74) is 3.06. The number of benzene rings is 1. The van der Waals surface area contributed by atoms with E-state index >= 15 is 0 Å². The highest BCUT2D eigenvalue weighted by atomic mass is 16.5. The molecule has 0 spiro atoms. The van der Waals surface area contributed by atoms with Gasteiger partial charge in [-0.3, -0.25) is 0 Å². The minimum Gasteiger partial charge on any atom is -0.368 e. The number of aryl methyl sites for hydroxylation is 2. The summed E-state index contributed by atoms with van der Waals surface area (Å²) in [5.74, 6) is 0.813. The minimum atomic E-state index is -0.208. The topological polar surface area (TPSA) is 64.9 Å². The molecule has 3 rings (SSSR count). The van der Waals surface area contributed by atoms with Crippen LogP contribution in [0, 0.1) is 13.8 Å². The van der Waals surface area contributed by atoms with E-state index in [2.05, 4.69) is 80.6 Å². The first kappa shape index (κ1) is 17.0. The zero-order valence-electron chi connectivity index (χ0n) is 15.4. The number of tetrazole rings is 1. The highest BCUT2D eigenvalue weighted by Gasteiger charge is 2.45. The van der Waals surface area contributed by atoms with Gasteiger partial charge in [0, 0.05) is 6.04 Å². The lowest BCUT2D eigenvalue weighted by molar-refractivity contribution is -0.0699. The molecule has 2 aromatic rings. The molecular formula is C18H27N5O. The molecule has 0 bridgehead atoms. The van der Waals surface area contributed by atoms with Crippen molar-refractivity contribution in [3.05, 3.63) is 35.2 Å². The Morgan fingerprint density at radius 3 is 2.46 bits per heavy atom. The number of hydrogen-bond donors (Lipinski definition) is 1. The zero-order chi connectivity index (χ0) is 17.5. The largest absolute Gasteiger partial charge is 0.368 e. The second-order valence-corrected chi connectivity index (χ2v) is 7.85. The molecule has 1 aromatic heterocycles. The van der Waals surface area contributed by atoms with Crippen LogP contribution in [0.4, 0.5) is 0 Å². The van der Waals surface area contributed by atoms with Crippen LogP contribution in [-0.2, 0) is 11.3 Å². The molecule has 1 aromatic carbocycles. The lowest BCUT2D eigenvalue weighted by Gasteiger charge is -2.27. The SMILES string of the molecule is Cc1cccc(C)c1-n1nnnc1CN[C@@H]1CC(C)(C)OC1(C)C. The van der Waals surface area contributed by atoms with E-state index in [-0.39, 0.29) is 17.2 Å². The van der Waals surface area contributed by atoms with Crippen LogP contribution >= 0.6 is 0 Å². The van der Waals surface area contributed by atoms with E-state index in [1.165, 1.54) is 0 Å². The molecule has 24 heavy (non-hydrogen) atoms. The number of nitrogens with one attached hydrogen (secondary N) is 1. The fourth-order valence-electron chi connectivity index (χ4n) is 3.72. The molecule has 0 unspecified atom stereocenters. The summed E-state index contributed by atoms with van der Waals surface area (Å²) in [7, 11) is 0. The van der Waals surface area contributed by atoms with Crippen LogP contribution in [0.25, 0.3) is 5.69 Å². The maximum atomic E-state index is 6.15. The number of aromatic nitrogens is 4. The van der Waals surface area contributed by atoms with Crippen molar-refractivity contribution in [2.75, 3.05) is 0 Å². The van der Waals surface area contributed by atoms with E-state index in [0.717, 1.165) is 29.1 Å².